The SMILES string of the molecule is IC(I)I.I[I-]I.OC1[C@@H]2OC[C@@H](O2)C(O)[C@@H]1O.OC[C@H]1O[C@@H](c2ccccc2)[C@H](O)[C@@H](O)[C@@H]1O.O[C@@H]1C2OB(B3OC4[C@@H]5OC[C@@H](O5)C(O3)[C@@H]4O)OC1[C@H]1CO[C@@H]2O1. The molecule has 9 aliphatic heterocycles. The zero-order chi connectivity index (χ0) is 42.7. The van der Waals surface area contributed by atoms with Crippen LogP contribution in [-0.2, 0) is 51.8 Å². The maximum atomic E-state index is 10.3. The fourth-order valence-corrected chi connectivity index (χ4v) is 7.67. The monoisotopic (exact) mass is 1520 g/mol. The van der Waals surface area contributed by atoms with E-state index in [9.17, 15) is 35.7 Å². The number of alkyl halides is 3. The van der Waals surface area contributed by atoms with Crippen molar-refractivity contribution in [2.75, 3.05) is 26.4 Å². The van der Waals surface area contributed by atoms with Gasteiger partial charge in [-0.05, 0) is 5.56 Å². The summed E-state index contributed by atoms with van der Waals surface area (Å²) in [5.74, 6) is 0. The van der Waals surface area contributed by atoms with E-state index in [1.165, 1.54) is 0 Å². The maximum absolute atomic E-state index is 10.3. The van der Waals surface area contributed by atoms with Gasteiger partial charge < -0.3 is 97.7 Å². The van der Waals surface area contributed by atoms with Crippen LogP contribution in [0.25, 0.3) is 0 Å². The van der Waals surface area contributed by atoms with E-state index in [1.54, 1.807) is 24.3 Å². The van der Waals surface area contributed by atoms with Crippen LogP contribution in [0.15, 0.2) is 30.3 Å². The first-order chi connectivity index (χ1) is 28.2. The van der Waals surface area contributed by atoms with E-state index < -0.39 is 131 Å². The van der Waals surface area contributed by atoms with Crippen molar-refractivity contribution >= 4 is 119 Å². The average molecular weight is 1520 g/mol. The molecule has 59 heavy (non-hydrogen) atoms. The molecule has 9 saturated heterocycles. The molecule has 336 valence electrons. The molecule has 0 radical (unpaired) electrons. The largest absolute Gasteiger partial charge is 0.488 e. The summed E-state index contributed by atoms with van der Waals surface area (Å²) in [5.41, 5.74) is 0.699. The van der Waals surface area contributed by atoms with E-state index in [0.717, 1.165) is -0.0619 Å². The Morgan fingerprint density at radius 3 is 1.46 bits per heavy atom. The molecule has 0 saturated carbocycles. The molecular weight excluding hydrogens is 1480 g/mol. The van der Waals surface area contributed by atoms with Gasteiger partial charge in [-0.1, -0.05) is 98.1 Å². The minimum Gasteiger partial charge on any atom is -0.405 e. The normalized spacial score (nSPS) is 46.2. The molecule has 0 aliphatic carbocycles. The fourth-order valence-electron chi connectivity index (χ4n) is 7.67. The topological polar surface area (TPSA) is 284 Å². The molecule has 9 aliphatic rings. The van der Waals surface area contributed by atoms with Crippen molar-refractivity contribution < 1.29 is 111 Å². The smallest absolute Gasteiger partial charge is 0.405 e. The van der Waals surface area contributed by atoms with Gasteiger partial charge in [0.25, 0.3) is 0 Å². The van der Waals surface area contributed by atoms with Crippen LogP contribution >= 0.6 is 105 Å². The second-order valence-electron chi connectivity index (χ2n) is 14.2. The first-order valence-corrected chi connectivity index (χ1v) is 34.5. The second-order valence-corrected chi connectivity index (χ2v) is 41.3. The van der Waals surface area contributed by atoms with E-state index in [0.29, 0.717) is 32.0 Å². The van der Waals surface area contributed by atoms with Crippen molar-refractivity contribution in [3.8, 4) is 0 Å². The number of aliphatic hydroxyl groups excluding tert-OH is 9. The summed E-state index contributed by atoms with van der Waals surface area (Å²) in [6, 6.07) is 8.92. The van der Waals surface area contributed by atoms with Gasteiger partial charge in [0.2, 0.25) is 0 Å². The molecular formula is C31H43B2I6O20-. The van der Waals surface area contributed by atoms with Crippen LogP contribution in [0.1, 0.15) is 11.7 Å². The average Bonchev–Trinajstić information content (AvgIpc) is 3.99. The first kappa shape index (κ1) is 51.3. The number of fused-ring (bicyclic) bond motifs is 14. The Morgan fingerprint density at radius 1 is 0.542 bits per heavy atom. The standard InChI is InChI=1S/C12H16B2O10.C12H16O5.C6H10O5.CHI3.I3/c15-5-7-3-1-17-11(19-3)9(5)23-13(21-7)14-22-8-4-2-18-12(20-4)10(24-14)6(8)16;13-6-8-9(14)10(15)11(16)12(17-8)7-4-2-1-3-5-7;7-3-2-1-10-6(11-2)5(9)4(3)8;2-1(3)4;1-3-2/h3-12,15-16H,1-2H2;1-5,8-16H,6H2;2-9H,1H2;1H;/q;;;;-1/t3-,4-,5+,6+,7?,8?,9?,10?,11-,12-;8-,9-,10+,11-,12+;2-,3?,4+,5?,6-;;/m111../s1. The summed E-state index contributed by atoms with van der Waals surface area (Å²) >= 11 is 12.2. The second kappa shape index (κ2) is 23.8. The van der Waals surface area contributed by atoms with E-state index in [4.69, 9.17) is 62.0 Å². The first-order valence-electron chi connectivity index (χ1n) is 18.2. The van der Waals surface area contributed by atoms with Crippen LogP contribution in [0.3, 0.4) is 0 Å². The zero-order valence-corrected chi connectivity index (χ0v) is 43.2. The van der Waals surface area contributed by atoms with Crippen molar-refractivity contribution in [3.63, 3.8) is 0 Å². The summed E-state index contributed by atoms with van der Waals surface area (Å²) in [7, 11) is -1.71. The third kappa shape index (κ3) is 12.2. The van der Waals surface area contributed by atoms with Crippen molar-refractivity contribution in [1.82, 2.24) is 0 Å². The Balaban J connectivity index is 0.000000146. The fraction of sp³-hybridized carbons (Fsp3) is 0.806. The Morgan fingerprint density at radius 2 is 0.966 bits per heavy atom. The Hall–Kier alpha value is 2.93. The molecule has 1 aromatic rings. The predicted molar refractivity (Wildman–Crippen MR) is 238 cm³/mol. The van der Waals surface area contributed by atoms with Gasteiger partial charge in [0, 0.05) is 0 Å². The number of aliphatic hydroxyl groups is 9. The number of ether oxygens (including phenoxy) is 7. The van der Waals surface area contributed by atoms with E-state index in [1.807, 2.05) is 6.07 Å². The minimum absolute atomic E-state index is 0.236. The molecule has 0 spiro atoms. The van der Waals surface area contributed by atoms with Gasteiger partial charge in [0.05, 0.1) is 38.6 Å². The molecule has 1 aromatic carbocycles. The van der Waals surface area contributed by atoms with Crippen LogP contribution < -0.4 is 13.3 Å². The summed E-state index contributed by atoms with van der Waals surface area (Å²) in [6.45, 7) is 0.524. The maximum Gasteiger partial charge on any atom is 0.488 e. The third-order valence-corrected chi connectivity index (χ3v) is 10.6. The van der Waals surface area contributed by atoms with Crippen molar-refractivity contribution in [1.29, 1.82) is 0 Å². The predicted octanol–water partition coefficient (Wildman–Crippen LogP) is -4.78. The Bertz CT molecular complexity index is 1340. The van der Waals surface area contributed by atoms with Gasteiger partial charge in [-0.2, -0.15) is 0 Å². The Labute approximate surface area is 409 Å². The van der Waals surface area contributed by atoms with Crippen LogP contribution in [0.5, 0.6) is 0 Å². The zero-order valence-electron chi connectivity index (χ0n) is 30.3. The molecule has 20 nitrogen and oxygen atoms in total. The molecule has 10 bridgehead atoms. The molecule has 6 unspecified atom stereocenters. The summed E-state index contributed by atoms with van der Waals surface area (Å²) in [6.07, 6.45) is -16.1. The number of halogens is 6. The summed E-state index contributed by atoms with van der Waals surface area (Å²) in [4.78, 5) is 0. The van der Waals surface area contributed by atoms with Gasteiger partial charge in [0.15, 0.2) is 18.9 Å². The third-order valence-electron chi connectivity index (χ3n) is 10.6. The van der Waals surface area contributed by atoms with E-state index in [-0.39, 0.29) is 18.8 Å². The molecule has 9 fully saturated rings. The summed E-state index contributed by atoms with van der Waals surface area (Å²) < 4.78 is 61.6. The van der Waals surface area contributed by atoms with Crippen LogP contribution in [-0.4, -0.2) is 203 Å². The van der Waals surface area contributed by atoms with Crippen LogP contribution in [0, 0.1) is 0 Å². The van der Waals surface area contributed by atoms with Gasteiger partial charge in [-0.25, -0.2) is 0 Å². The van der Waals surface area contributed by atoms with Gasteiger partial charge in [0.1, 0.15) is 91.5 Å². The molecule has 20 atom stereocenters. The molecule has 0 amide bonds. The quantitative estimate of drug-likeness (QED) is 0.0781. The van der Waals surface area contributed by atoms with Crippen LogP contribution in [0.4, 0.5) is 0 Å². The van der Waals surface area contributed by atoms with Crippen LogP contribution in [0.2, 0.25) is 0 Å². The number of hydrogen-bond acceptors (Lipinski definition) is 20. The minimum atomic E-state index is -1.33. The van der Waals surface area contributed by atoms with Gasteiger partial charge >= 0.3 is 64.5 Å². The number of benzene rings is 1. The van der Waals surface area contributed by atoms with Crippen molar-refractivity contribution in [3.05, 3.63) is 35.9 Å². The Kier molecular flexibility index (Phi) is 20.7. The van der Waals surface area contributed by atoms with Crippen molar-refractivity contribution in [2.24, 2.45) is 0 Å². The summed E-state index contributed by atoms with van der Waals surface area (Å²) in [5, 5.41) is 86.4. The van der Waals surface area contributed by atoms with Gasteiger partial charge in [-0.15, -0.1) is 0 Å². The molecule has 9 heterocycles. The molecule has 9 N–H and O–H groups in total. The van der Waals surface area contributed by atoms with E-state index >= 15 is 0 Å². The number of hydrogen-bond donors (Lipinski definition) is 9. The molecule has 10 rings (SSSR count). The van der Waals surface area contributed by atoms with Crippen molar-refractivity contribution in [2.45, 2.75) is 123 Å². The molecule has 28 heteroatoms. The molecule has 0 aromatic heterocycles. The number of rotatable bonds is 3. The van der Waals surface area contributed by atoms with E-state index in [2.05, 4.69) is 105 Å². The van der Waals surface area contributed by atoms with Gasteiger partial charge in [-0.3, -0.25) is 0 Å².